The molecule has 0 spiro atoms. The van der Waals surface area contributed by atoms with Crippen molar-refractivity contribution < 1.29 is 4.74 Å². The predicted octanol–water partition coefficient (Wildman–Crippen LogP) is 5.71. The fourth-order valence-corrected chi connectivity index (χ4v) is 2.24. The summed E-state index contributed by atoms with van der Waals surface area (Å²) in [6.45, 7) is 5.56. The van der Waals surface area contributed by atoms with E-state index < -0.39 is 0 Å². The van der Waals surface area contributed by atoms with E-state index in [1.807, 2.05) is 36.4 Å². The van der Waals surface area contributed by atoms with E-state index in [2.05, 4.69) is 62.4 Å². The van der Waals surface area contributed by atoms with E-state index in [0.717, 1.165) is 0 Å². The van der Waals surface area contributed by atoms with Gasteiger partial charge in [-0.1, -0.05) is 96.1 Å². The first kappa shape index (κ1) is 17.0. The van der Waals surface area contributed by atoms with E-state index >= 15 is 0 Å². The second-order valence-corrected chi connectivity index (χ2v) is 5.62. The Morgan fingerprint density at radius 1 is 0.565 bits per heavy atom. The minimum Gasteiger partial charge on any atom is -0.372 e. The quantitative estimate of drug-likeness (QED) is 0.600. The summed E-state index contributed by atoms with van der Waals surface area (Å²) in [5.74, 6) is 0. The van der Waals surface area contributed by atoms with Gasteiger partial charge in [0.25, 0.3) is 0 Å². The second kappa shape index (κ2) is 9.60. The molecule has 1 nitrogen and oxygen atoms in total. The molecule has 3 aromatic rings. The maximum Gasteiger partial charge on any atom is 0.0721 e. The van der Waals surface area contributed by atoms with Crippen molar-refractivity contribution in [3.63, 3.8) is 0 Å². The highest BCUT2D eigenvalue weighted by atomic mass is 16.5. The highest BCUT2D eigenvalue weighted by Crippen LogP contribution is 2.05. The number of hydrogen-bond acceptors (Lipinski definition) is 1. The Hall–Kier alpha value is -2.38. The lowest BCUT2D eigenvalue weighted by molar-refractivity contribution is 0.107. The molecule has 0 aliphatic rings. The number of aryl methyl sites for hydroxylation is 2. The first-order valence-corrected chi connectivity index (χ1v) is 7.93. The molecule has 0 saturated carbocycles. The monoisotopic (exact) mass is 304 g/mol. The third-order valence-electron chi connectivity index (χ3n) is 3.40. The standard InChI is InChI=1S/C14H14O.C8H10/c1-3-7-13(8-4-1)11-15-12-14-9-5-2-6-10-14;1-7-4-3-5-8(2)6-7/h1-10H,11-12H2;3-6H,1-2H3. The molecular formula is C22H24O. The summed E-state index contributed by atoms with van der Waals surface area (Å²) in [6.07, 6.45) is 0. The van der Waals surface area contributed by atoms with E-state index in [4.69, 9.17) is 4.74 Å². The van der Waals surface area contributed by atoms with Crippen LogP contribution in [0.25, 0.3) is 0 Å². The van der Waals surface area contributed by atoms with Gasteiger partial charge in [0.15, 0.2) is 0 Å². The van der Waals surface area contributed by atoms with Crippen molar-refractivity contribution in [1.29, 1.82) is 0 Å². The Bertz CT molecular complexity index is 618. The third-order valence-corrected chi connectivity index (χ3v) is 3.40. The van der Waals surface area contributed by atoms with E-state index in [9.17, 15) is 0 Å². The van der Waals surface area contributed by atoms with Crippen molar-refractivity contribution in [1.82, 2.24) is 0 Å². The molecule has 0 amide bonds. The average molecular weight is 304 g/mol. The van der Waals surface area contributed by atoms with Crippen LogP contribution in [0.1, 0.15) is 22.3 Å². The summed E-state index contributed by atoms with van der Waals surface area (Å²) in [5.41, 5.74) is 5.11. The molecular weight excluding hydrogens is 280 g/mol. The molecule has 3 rings (SSSR count). The van der Waals surface area contributed by atoms with Crippen LogP contribution in [0.2, 0.25) is 0 Å². The van der Waals surface area contributed by atoms with Crippen molar-refractivity contribution in [2.45, 2.75) is 27.1 Å². The summed E-state index contributed by atoms with van der Waals surface area (Å²) < 4.78 is 5.61. The maximum atomic E-state index is 5.61. The van der Waals surface area contributed by atoms with Gasteiger partial charge in [-0.2, -0.15) is 0 Å². The van der Waals surface area contributed by atoms with Crippen LogP contribution < -0.4 is 0 Å². The smallest absolute Gasteiger partial charge is 0.0721 e. The van der Waals surface area contributed by atoms with Gasteiger partial charge in [0.1, 0.15) is 0 Å². The molecule has 0 aromatic heterocycles. The molecule has 118 valence electrons. The van der Waals surface area contributed by atoms with E-state index in [0.29, 0.717) is 13.2 Å². The van der Waals surface area contributed by atoms with Crippen molar-refractivity contribution >= 4 is 0 Å². The fourth-order valence-electron chi connectivity index (χ4n) is 2.24. The van der Waals surface area contributed by atoms with Gasteiger partial charge in [0.05, 0.1) is 13.2 Å². The van der Waals surface area contributed by atoms with Gasteiger partial charge >= 0.3 is 0 Å². The van der Waals surface area contributed by atoms with E-state index in [-0.39, 0.29) is 0 Å². The van der Waals surface area contributed by atoms with Crippen molar-refractivity contribution in [3.8, 4) is 0 Å². The molecule has 0 saturated heterocycles. The molecule has 0 N–H and O–H groups in total. The van der Waals surface area contributed by atoms with Crippen LogP contribution in [0.15, 0.2) is 84.9 Å². The fraction of sp³-hybridized carbons (Fsp3) is 0.182. The number of ether oxygens (including phenoxy) is 1. The van der Waals surface area contributed by atoms with Gasteiger partial charge in [0, 0.05) is 0 Å². The van der Waals surface area contributed by atoms with E-state index in [1.54, 1.807) is 0 Å². The summed E-state index contributed by atoms with van der Waals surface area (Å²) in [7, 11) is 0. The molecule has 0 bridgehead atoms. The van der Waals surface area contributed by atoms with Crippen LogP contribution in [-0.4, -0.2) is 0 Å². The first-order chi connectivity index (χ1) is 11.2. The summed E-state index contributed by atoms with van der Waals surface area (Å²) >= 11 is 0. The predicted molar refractivity (Wildman–Crippen MR) is 97.3 cm³/mol. The maximum absolute atomic E-state index is 5.61. The molecule has 23 heavy (non-hydrogen) atoms. The number of hydrogen-bond donors (Lipinski definition) is 0. The molecule has 0 aliphatic heterocycles. The topological polar surface area (TPSA) is 9.23 Å². The molecule has 0 radical (unpaired) electrons. The van der Waals surface area contributed by atoms with Gasteiger partial charge < -0.3 is 4.74 Å². The second-order valence-electron chi connectivity index (χ2n) is 5.62. The SMILES string of the molecule is Cc1cccc(C)c1.c1ccc(COCc2ccccc2)cc1. The van der Waals surface area contributed by atoms with Gasteiger partial charge in [-0.25, -0.2) is 0 Å². The van der Waals surface area contributed by atoms with E-state index in [1.165, 1.54) is 22.3 Å². The normalized spacial score (nSPS) is 9.83. The van der Waals surface area contributed by atoms with Crippen molar-refractivity contribution in [2.24, 2.45) is 0 Å². The molecule has 0 atom stereocenters. The van der Waals surface area contributed by atoms with Gasteiger partial charge in [-0.05, 0) is 25.0 Å². The largest absolute Gasteiger partial charge is 0.372 e. The van der Waals surface area contributed by atoms with Crippen LogP contribution in [0, 0.1) is 13.8 Å². The summed E-state index contributed by atoms with van der Waals surface area (Å²) in [4.78, 5) is 0. The van der Waals surface area contributed by atoms with Crippen LogP contribution >= 0.6 is 0 Å². The zero-order chi connectivity index (χ0) is 16.3. The minimum absolute atomic E-state index is 0.676. The lowest BCUT2D eigenvalue weighted by Gasteiger charge is -2.03. The zero-order valence-electron chi connectivity index (χ0n) is 13.9. The van der Waals surface area contributed by atoms with Crippen LogP contribution in [-0.2, 0) is 18.0 Å². The highest BCUT2D eigenvalue weighted by Gasteiger charge is 1.93. The molecule has 1 heteroatoms. The third kappa shape index (κ3) is 6.94. The Balaban J connectivity index is 0.000000203. The highest BCUT2D eigenvalue weighted by molar-refractivity contribution is 5.20. The van der Waals surface area contributed by atoms with Crippen molar-refractivity contribution in [2.75, 3.05) is 0 Å². The summed E-state index contributed by atoms with van der Waals surface area (Å²) in [5, 5.41) is 0. The summed E-state index contributed by atoms with van der Waals surface area (Å²) in [6, 6.07) is 28.9. The lowest BCUT2D eigenvalue weighted by atomic mass is 10.2. The van der Waals surface area contributed by atoms with Crippen LogP contribution in [0.3, 0.4) is 0 Å². The molecule has 0 unspecified atom stereocenters. The zero-order valence-corrected chi connectivity index (χ0v) is 13.9. The molecule has 0 heterocycles. The van der Waals surface area contributed by atoms with Gasteiger partial charge in [-0.15, -0.1) is 0 Å². The molecule has 0 fully saturated rings. The minimum atomic E-state index is 0.676. The molecule has 3 aromatic carbocycles. The van der Waals surface area contributed by atoms with Crippen molar-refractivity contribution in [3.05, 3.63) is 107 Å². The van der Waals surface area contributed by atoms with Crippen LogP contribution in [0.4, 0.5) is 0 Å². The Morgan fingerprint density at radius 2 is 1.00 bits per heavy atom. The van der Waals surface area contributed by atoms with Gasteiger partial charge in [-0.3, -0.25) is 0 Å². The Labute approximate surface area is 139 Å². The molecule has 0 aliphatic carbocycles. The Morgan fingerprint density at radius 3 is 1.35 bits per heavy atom. The lowest BCUT2D eigenvalue weighted by Crippen LogP contribution is -1.93. The number of benzene rings is 3. The first-order valence-electron chi connectivity index (χ1n) is 7.93. The Kier molecular flexibility index (Phi) is 7.09. The van der Waals surface area contributed by atoms with Gasteiger partial charge in [0.2, 0.25) is 0 Å². The number of rotatable bonds is 4. The van der Waals surface area contributed by atoms with Crippen LogP contribution in [0.5, 0.6) is 0 Å². The average Bonchev–Trinajstić information content (AvgIpc) is 2.57.